The number of rotatable bonds is 3. The van der Waals surface area contributed by atoms with Crippen LogP contribution in [0.25, 0.3) is 0 Å². The normalized spacial score (nSPS) is 10.2. The lowest BCUT2D eigenvalue weighted by Gasteiger charge is -2.02. The number of benzene rings is 1. The molecule has 0 aliphatic heterocycles. The van der Waals surface area contributed by atoms with Gasteiger partial charge in [-0.3, -0.25) is 5.10 Å². The number of aromatic amines is 1. The number of anilines is 1. The number of aromatic nitrogens is 2. The van der Waals surface area contributed by atoms with E-state index in [0.29, 0.717) is 11.7 Å². The predicted octanol–water partition coefficient (Wildman–Crippen LogP) is 1.71. The van der Waals surface area contributed by atoms with Crippen molar-refractivity contribution < 1.29 is 9.13 Å². The lowest BCUT2D eigenvalue weighted by atomic mass is 10.2. The van der Waals surface area contributed by atoms with E-state index in [4.69, 9.17) is 10.5 Å². The second-order valence-corrected chi connectivity index (χ2v) is 3.08. The Morgan fingerprint density at radius 3 is 2.93 bits per heavy atom. The van der Waals surface area contributed by atoms with Crippen molar-refractivity contribution in [2.75, 3.05) is 5.73 Å². The molecule has 0 atom stereocenters. The summed E-state index contributed by atoms with van der Waals surface area (Å²) in [6.45, 7) is 0.266. The second kappa shape index (κ2) is 4.00. The molecule has 3 N–H and O–H groups in total. The third-order valence-corrected chi connectivity index (χ3v) is 1.85. The van der Waals surface area contributed by atoms with E-state index in [1.807, 2.05) is 0 Å². The number of nitrogens with one attached hydrogen (secondary N) is 1. The number of halogens is 1. The highest BCUT2D eigenvalue weighted by atomic mass is 19.1. The summed E-state index contributed by atoms with van der Waals surface area (Å²) in [7, 11) is 0. The number of hydrogen-bond donors (Lipinski definition) is 2. The molecule has 0 unspecified atom stereocenters. The fraction of sp³-hybridized carbons (Fsp3) is 0.100. The minimum atomic E-state index is -0.280. The van der Waals surface area contributed by atoms with Crippen molar-refractivity contribution in [1.29, 1.82) is 0 Å². The zero-order valence-electron chi connectivity index (χ0n) is 7.90. The highest BCUT2D eigenvalue weighted by Crippen LogP contribution is 2.12. The molecule has 0 spiro atoms. The van der Waals surface area contributed by atoms with Gasteiger partial charge in [-0.15, -0.1) is 5.10 Å². The maximum absolute atomic E-state index is 12.8. The molecule has 78 valence electrons. The smallest absolute Gasteiger partial charge is 0.235 e. The molecule has 15 heavy (non-hydrogen) atoms. The van der Waals surface area contributed by atoms with Gasteiger partial charge >= 0.3 is 0 Å². The van der Waals surface area contributed by atoms with Gasteiger partial charge in [0.1, 0.15) is 18.2 Å². The van der Waals surface area contributed by atoms with E-state index in [9.17, 15) is 4.39 Å². The largest absolute Gasteiger partial charge is 0.472 e. The van der Waals surface area contributed by atoms with Crippen LogP contribution in [0.5, 0.6) is 5.88 Å². The molecule has 2 aromatic rings. The van der Waals surface area contributed by atoms with Gasteiger partial charge in [-0.2, -0.15) is 0 Å². The van der Waals surface area contributed by atoms with Gasteiger partial charge < -0.3 is 10.5 Å². The predicted molar refractivity (Wildman–Crippen MR) is 53.7 cm³/mol. The molecule has 5 heteroatoms. The van der Waals surface area contributed by atoms with Gasteiger partial charge in [0.25, 0.3) is 0 Å². The third kappa shape index (κ3) is 2.46. The molecule has 4 nitrogen and oxygen atoms in total. The summed E-state index contributed by atoms with van der Waals surface area (Å²) in [5.74, 6) is 0.554. The first-order valence-corrected chi connectivity index (χ1v) is 4.42. The standard InChI is InChI=1S/C10H10FN3O/c11-8-3-1-2-7(4-8)6-15-10-5-9(12)13-14-10/h1-5H,6H2,(H3,12,13,14). The minimum Gasteiger partial charge on any atom is -0.472 e. The molecule has 1 aromatic carbocycles. The number of nitrogens with zero attached hydrogens (tertiary/aromatic N) is 1. The average Bonchev–Trinajstić information content (AvgIpc) is 2.62. The SMILES string of the molecule is Nc1cc(OCc2cccc(F)c2)n[nH]1. The Balaban J connectivity index is 1.99. The van der Waals surface area contributed by atoms with Crippen LogP contribution in [0.3, 0.4) is 0 Å². The van der Waals surface area contributed by atoms with Crippen LogP contribution in [0, 0.1) is 5.82 Å². The van der Waals surface area contributed by atoms with Gasteiger partial charge in [-0.25, -0.2) is 4.39 Å². The van der Waals surface area contributed by atoms with Crippen LogP contribution in [0.15, 0.2) is 30.3 Å². The van der Waals surface area contributed by atoms with Crippen LogP contribution >= 0.6 is 0 Å². The van der Waals surface area contributed by atoms with E-state index in [1.165, 1.54) is 12.1 Å². The number of nitrogens with two attached hydrogens (primary N) is 1. The number of hydrogen-bond acceptors (Lipinski definition) is 3. The first kappa shape index (κ1) is 9.51. The van der Waals surface area contributed by atoms with Crippen molar-refractivity contribution in [3.05, 3.63) is 41.7 Å². The van der Waals surface area contributed by atoms with Crippen molar-refractivity contribution in [1.82, 2.24) is 10.2 Å². The van der Waals surface area contributed by atoms with E-state index >= 15 is 0 Å². The van der Waals surface area contributed by atoms with Crippen molar-refractivity contribution in [3.8, 4) is 5.88 Å². The highest BCUT2D eigenvalue weighted by molar-refractivity contribution is 5.31. The lowest BCUT2D eigenvalue weighted by Crippen LogP contribution is -1.95. The summed E-state index contributed by atoms with van der Waals surface area (Å²) < 4.78 is 18.1. The van der Waals surface area contributed by atoms with E-state index < -0.39 is 0 Å². The van der Waals surface area contributed by atoms with Crippen molar-refractivity contribution in [3.63, 3.8) is 0 Å². The molecule has 0 aliphatic carbocycles. The van der Waals surface area contributed by atoms with E-state index in [1.54, 1.807) is 18.2 Å². The van der Waals surface area contributed by atoms with Gasteiger partial charge in [-0.1, -0.05) is 12.1 Å². The first-order chi connectivity index (χ1) is 7.24. The van der Waals surface area contributed by atoms with Gasteiger partial charge in [-0.05, 0) is 17.7 Å². The fourth-order valence-electron chi connectivity index (χ4n) is 1.18. The Morgan fingerprint density at radius 2 is 2.27 bits per heavy atom. The zero-order chi connectivity index (χ0) is 10.7. The zero-order valence-corrected chi connectivity index (χ0v) is 7.90. The number of nitrogen functional groups attached to an aromatic ring is 1. The van der Waals surface area contributed by atoms with Gasteiger partial charge in [0.15, 0.2) is 0 Å². The van der Waals surface area contributed by atoms with Gasteiger partial charge in [0.2, 0.25) is 5.88 Å². The fourth-order valence-corrected chi connectivity index (χ4v) is 1.18. The minimum absolute atomic E-state index is 0.266. The molecule has 1 heterocycles. The highest BCUT2D eigenvalue weighted by Gasteiger charge is 2.00. The van der Waals surface area contributed by atoms with E-state index in [0.717, 1.165) is 5.56 Å². The van der Waals surface area contributed by atoms with Crippen LogP contribution in [0.2, 0.25) is 0 Å². The van der Waals surface area contributed by atoms with Crippen LogP contribution in [0.4, 0.5) is 10.2 Å². The van der Waals surface area contributed by atoms with Crippen LogP contribution in [-0.4, -0.2) is 10.2 Å². The monoisotopic (exact) mass is 207 g/mol. The Hall–Kier alpha value is -2.04. The maximum Gasteiger partial charge on any atom is 0.235 e. The molecule has 0 aliphatic rings. The summed E-state index contributed by atoms with van der Waals surface area (Å²) in [5, 5.41) is 6.33. The molecule has 0 bridgehead atoms. The first-order valence-electron chi connectivity index (χ1n) is 4.42. The topological polar surface area (TPSA) is 63.9 Å². The molecule has 2 rings (SSSR count). The summed E-state index contributed by atoms with van der Waals surface area (Å²) in [5.41, 5.74) is 6.16. The van der Waals surface area contributed by atoms with Crippen LogP contribution in [0.1, 0.15) is 5.56 Å². The van der Waals surface area contributed by atoms with Crippen LogP contribution < -0.4 is 10.5 Å². The van der Waals surface area contributed by atoms with E-state index in [2.05, 4.69) is 10.2 Å². The Bertz CT molecular complexity index is 455. The molecule has 0 saturated carbocycles. The van der Waals surface area contributed by atoms with Gasteiger partial charge in [0, 0.05) is 6.07 Å². The Morgan fingerprint density at radius 1 is 1.40 bits per heavy atom. The summed E-state index contributed by atoms with van der Waals surface area (Å²) in [4.78, 5) is 0. The molecule has 0 fully saturated rings. The maximum atomic E-state index is 12.8. The van der Waals surface area contributed by atoms with Crippen molar-refractivity contribution >= 4 is 5.82 Å². The molecule has 1 aromatic heterocycles. The Labute approximate surface area is 85.9 Å². The summed E-state index contributed by atoms with van der Waals surface area (Å²) in [6.07, 6.45) is 0. The molecule has 0 amide bonds. The molecular formula is C10H10FN3O. The lowest BCUT2D eigenvalue weighted by molar-refractivity contribution is 0.293. The summed E-state index contributed by atoms with van der Waals surface area (Å²) in [6, 6.07) is 7.78. The number of H-pyrrole nitrogens is 1. The Kier molecular flexibility index (Phi) is 2.53. The third-order valence-electron chi connectivity index (χ3n) is 1.85. The molecular weight excluding hydrogens is 197 g/mol. The van der Waals surface area contributed by atoms with E-state index in [-0.39, 0.29) is 12.4 Å². The van der Waals surface area contributed by atoms with Crippen molar-refractivity contribution in [2.45, 2.75) is 6.61 Å². The number of ether oxygens (including phenoxy) is 1. The molecule has 0 radical (unpaired) electrons. The average molecular weight is 207 g/mol. The van der Waals surface area contributed by atoms with Crippen LogP contribution in [-0.2, 0) is 6.61 Å². The second-order valence-electron chi connectivity index (χ2n) is 3.08. The quantitative estimate of drug-likeness (QED) is 0.805. The summed E-state index contributed by atoms with van der Waals surface area (Å²) >= 11 is 0. The van der Waals surface area contributed by atoms with Gasteiger partial charge in [0.05, 0.1) is 0 Å². The van der Waals surface area contributed by atoms with Crippen molar-refractivity contribution in [2.24, 2.45) is 0 Å². The molecule has 0 saturated heterocycles.